The molecule has 6 nitrogen and oxygen atoms in total. The second-order valence-electron chi connectivity index (χ2n) is 6.92. The molecule has 0 saturated carbocycles. The lowest BCUT2D eigenvalue weighted by molar-refractivity contribution is -0.384. The van der Waals surface area contributed by atoms with Gasteiger partial charge >= 0.3 is 0 Å². The number of hydrogen-bond donors (Lipinski definition) is 1. The summed E-state index contributed by atoms with van der Waals surface area (Å²) in [6.07, 6.45) is 2.53. The number of aromatic amines is 1. The van der Waals surface area contributed by atoms with Gasteiger partial charge in [-0.25, -0.2) is 4.39 Å². The number of nitro groups is 1. The number of halogens is 2. The van der Waals surface area contributed by atoms with Crippen molar-refractivity contribution in [3.05, 3.63) is 115 Å². The predicted octanol–water partition coefficient (Wildman–Crippen LogP) is 5.90. The molecule has 4 aromatic rings. The van der Waals surface area contributed by atoms with Crippen LogP contribution in [0.25, 0.3) is 28.1 Å². The highest BCUT2D eigenvalue weighted by atomic mass is 79.9. The van der Waals surface area contributed by atoms with Crippen molar-refractivity contribution in [3.63, 3.8) is 0 Å². The quantitative estimate of drug-likeness (QED) is 0.162. The van der Waals surface area contributed by atoms with Crippen molar-refractivity contribution < 1.29 is 14.1 Å². The Morgan fingerprint density at radius 2 is 1.84 bits per heavy atom. The van der Waals surface area contributed by atoms with E-state index in [0.717, 1.165) is 6.08 Å². The van der Waals surface area contributed by atoms with Crippen LogP contribution >= 0.6 is 15.9 Å². The fourth-order valence-electron chi connectivity index (χ4n) is 3.44. The maximum Gasteiger partial charge on any atom is 0.270 e. The van der Waals surface area contributed by atoms with Crippen molar-refractivity contribution >= 4 is 44.4 Å². The third kappa shape index (κ3) is 4.13. The minimum atomic E-state index is -0.660. The van der Waals surface area contributed by atoms with Gasteiger partial charge in [0.05, 0.1) is 10.5 Å². The zero-order valence-corrected chi connectivity index (χ0v) is 17.9. The standard InChI is InChI=1S/C24H14BrFN2O4/c25-15-9-10-20-18(13-15)22(17-6-1-2-7-19(17)26)23(24(30)27-20)21(29)11-8-14-4-3-5-16(12-14)28(31)32/h1-13H,(H,27,30)/b11-8+. The number of rotatable bonds is 5. The van der Waals surface area contributed by atoms with Gasteiger partial charge in [-0.3, -0.25) is 19.7 Å². The molecule has 158 valence electrons. The molecule has 0 radical (unpaired) electrons. The predicted molar refractivity (Wildman–Crippen MR) is 124 cm³/mol. The molecule has 4 rings (SSSR count). The number of fused-ring (bicyclic) bond motifs is 1. The first kappa shape index (κ1) is 21.3. The molecule has 0 fully saturated rings. The van der Waals surface area contributed by atoms with Crippen LogP contribution in [0.5, 0.6) is 0 Å². The van der Waals surface area contributed by atoms with Crippen molar-refractivity contribution in [2.75, 3.05) is 0 Å². The average molecular weight is 493 g/mol. The Morgan fingerprint density at radius 3 is 2.59 bits per heavy atom. The first-order valence-electron chi connectivity index (χ1n) is 9.42. The highest BCUT2D eigenvalue weighted by Gasteiger charge is 2.21. The number of hydrogen-bond acceptors (Lipinski definition) is 4. The number of allylic oxidation sites excluding steroid dienone is 1. The van der Waals surface area contributed by atoms with Crippen LogP contribution in [0.3, 0.4) is 0 Å². The molecule has 0 bridgehead atoms. The molecule has 1 heterocycles. The number of carbonyl (C=O) groups excluding carboxylic acids is 1. The van der Waals surface area contributed by atoms with Crippen molar-refractivity contribution in [1.29, 1.82) is 0 Å². The SMILES string of the molecule is O=C(/C=C/c1cccc([N+](=O)[O-])c1)c1c(-c2ccccc2F)c2cc(Br)ccc2[nH]c1=O. The maximum absolute atomic E-state index is 14.7. The van der Waals surface area contributed by atoms with Gasteiger partial charge in [0.1, 0.15) is 5.82 Å². The molecular weight excluding hydrogens is 479 g/mol. The van der Waals surface area contributed by atoms with Gasteiger partial charge in [-0.05, 0) is 35.9 Å². The van der Waals surface area contributed by atoms with E-state index in [-0.39, 0.29) is 22.4 Å². The number of pyridine rings is 1. The number of H-pyrrole nitrogens is 1. The first-order valence-corrected chi connectivity index (χ1v) is 10.2. The van der Waals surface area contributed by atoms with Crippen LogP contribution in [0.1, 0.15) is 15.9 Å². The molecule has 0 aliphatic carbocycles. The van der Waals surface area contributed by atoms with E-state index in [9.17, 15) is 24.1 Å². The van der Waals surface area contributed by atoms with Crippen LogP contribution < -0.4 is 5.56 Å². The van der Waals surface area contributed by atoms with E-state index in [1.165, 1.54) is 42.5 Å². The number of aromatic nitrogens is 1. The topological polar surface area (TPSA) is 93.1 Å². The van der Waals surface area contributed by atoms with Gasteiger partial charge in [-0.1, -0.05) is 52.3 Å². The summed E-state index contributed by atoms with van der Waals surface area (Å²) < 4.78 is 15.4. The fourth-order valence-corrected chi connectivity index (χ4v) is 3.80. The van der Waals surface area contributed by atoms with E-state index in [1.807, 2.05) is 0 Å². The molecule has 0 atom stereocenters. The Hall–Kier alpha value is -3.91. The van der Waals surface area contributed by atoms with Crippen LogP contribution in [0.15, 0.2) is 82.1 Å². The van der Waals surface area contributed by atoms with Gasteiger partial charge in [0.25, 0.3) is 11.2 Å². The second kappa shape index (κ2) is 8.68. The molecule has 3 aromatic carbocycles. The minimum absolute atomic E-state index is 0.119. The summed E-state index contributed by atoms with van der Waals surface area (Å²) in [6, 6.07) is 16.7. The highest BCUT2D eigenvalue weighted by Crippen LogP contribution is 2.33. The van der Waals surface area contributed by atoms with Gasteiger partial charge in [0.15, 0.2) is 5.78 Å². The largest absolute Gasteiger partial charge is 0.321 e. The monoisotopic (exact) mass is 492 g/mol. The van der Waals surface area contributed by atoms with Crippen LogP contribution in [0, 0.1) is 15.9 Å². The fraction of sp³-hybridized carbons (Fsp3) is 0. The van der Waals surface area contributed by atoms with E-state index >= 15 is 0 Å². The van der Waals surface area contributed by atoms with E-state index in [0.29, 0.717) is 20.9 Å². The van der Waals surface area contributed by atoms with Crippen LogP contribution in [-0.4, -0.2) is 15.7 Å². The first-order chi connectivity index (χ1) is 15.3. The highest BCUT2D eigenvalue weighted by molar-refractivity contribution is 9.10. The third-order valence-electron chi connectivity index (χ3n) is 4.87. The zero-order valence-electron chi connectivity index (χ0n) is 16.3. The number of ketones is 1. The van der Waals surface area contributed by atoms with E-state index in [1.54, 1.807) is 30.3 Å². The van der Waals surface area contributed by atoms with Gasteiger partial charge < -0.3 is 4.98 Å². The number of nitrogens with zero attached hydrogens (tertiary/aromatic N) is 1. The third-order valence-corrected chi connectivity index (χ3v) is 5.37. The van der Waals surface area contributed by atoms with Gasteiger partial charge in [-0.15, -0.1) is 0 Å². The van der Waals surface area contributed by atoms with Crippen LogP contribution in [-0.2, 0) is 0 Å². The lowest BCUT2D eigenvalue weighted by atomic mass is 9.93. The normalized spacial score (nSPS) is 11.2. The van der Waals surface area contributed by atoms with Gasteiger partial charge in [0, 0.05) is 38.6 Å². The van der Waals surface area contributed by atoms with Crippen LogP contribution in [0.4, 0.5) is 10.1 Å². The molecule has 1 N–H and O–H groups in total. The summed E-state index contributed by atoms with van der Waals surface area (Å²) in [6.45, 7) is 0. The minimum Gasteiger partial charge on any atom is -0.321 e. The Balaban J connectivity index is 1.91. The van der Waals surface area contributed by atoms with Crippen molar-refractivity contribution in [2.45, 2.75) is 0 Å². The second-order valence-corrected chi connectivity index (χ2v) is 7.84. The Kier molecular flexibility index (Phi) is 5.79. The summed E-state index contributed by atoms with van der Waals surface area (Å²) >= 11 is 3.38. The molecule has 0 unspecified atom stereocenters. The van der Waals surface area contributed by atoms with E-state index < -0.39 is 22.1 Å². The molecule has 0 aliphatic heterocycles. The van der Waals surface area contributed by atoms with Crippen LogP contribution in [0.2, 0.25) is 0 Å². The molecule has 1 aromatic heterocycles. The summed E-state index contributed by atoms with van der Waals surface area (Å²) in [5.41, 5.74) is 0.162. The summed E-state index contributed by atoms with van der Waals surface area (Å²) in [4.78, 5) is 39.1. The molecule has 0 amide bonds. The Labute approximate surface area is 189 Å². The number of non-ortho nitro benzene ring substituents is 1. The molecule has 0 aliphatic rings. The zero-order chi connectivity index (χ0) is 22.8. The number of carbonyl (C=O) groups is 1. The molecule has 0 spiro atoms. The van der Waals surface area contributed by atoms with Crippen molar-refractivity contribution in [3.8, 4) is 11.1 Å². The van der Waals surface area contributed by atoms with E-state index in [2.05, 4.69) is 20.9 Å². The Bertz CT molecular complexity index is 1480. The van der Waals surface area contributed by atoms with Crippen molar-refractivity contribution in [1.82, 2.24) is 4.98 Å². The average Bonchev–Trinajstić information content (AvgIpc) is 2.77. The number of benzene rings is 3. The molecule has 32 heavy (non-hydrogen) atoms. The van der Waals surface area contributed by atoms with E-state index in [4.69, 9.17) is 0 Å². The summed E-state index contributed by atoms with van der Waals surface area (Å²) in [5, 5.41) is 11.5. The van der Waals surface area contributed by atoms with Gasteiger partial charge in [0.2, 0.25) is 0 Å². The number of nitro benzene ring substituents is 1. The maximum atomic E-state index is 14.7. The molecular formula is C24H14BrFN2O4. The lowest BCUT2D eigenvalue weighted by Crippen LogP contribution is -2.19. The lowest BCUT2D eigenvalue weighted by Gasteiger charge is -2.12. The number of nitrogens with one attached hydrogen (secondary N) is 1. The molecule has 0 saturated heterocycles. The van der Waals surface area contributed by atoms with Gasteiger partial charge in [-0.2, -0.15) is 0 Å². The summed E-state index contributed by atoms with van der Waals surface area (Å²) in [7, 11) is 0. The summed E-state index contributed by atoms with van der Waals surface area (Å²) in [5.74, 6) is -1.23. The van der Waals surface area contributed by atoms with Crippen molar-refractivity contribution in [2.24, 2.45) is 0 Å². The molecule has 8 heteroatoms. The Morgan fingerprint density at radius 1 is 1.06 bits per heavy atom. The smallest absolute Gasteiger partial charge is 0.270 e.